The molecule has 1 aromatic rings. The SMILES string of the molecule is CSc1cc(CCO)cc(Cl)c1SC. The summed E-state index contributed by atoms with van der Waals surface area (Å²) in [5.41, 5.74) is 1.10. The third-order valence-corrected chi connectivity index (χ3v) is 4.04. The molecule has 0 saturated heterocycles. The van der Waals surface area contributed by atoms with Gasteiger partial charge >= 0.3 is 0 Å². The van der Waals surface area contributed by atoms with Gasteiger partial charge in [-0.05, 0) is 36.6 Å². The third-order valence-electron chi connectivity index (χ3n) is 1.89. The predicted molar refractivity (Wildman–Crippen MR) is 65.8 cm³/mol. The fraction of sp³-hybridized carbons (Fsp3) is 0.400. The fourth-order valence-electron chi connectivity index (χ4n) is 1.24. The first-order chi connectivity index (χ1) is 6.72. The highest BCUT2D eigenvalue weighted by atomic mass is 35.5. The maximum atomic E-state index is 8.85. The van der Waals surface area contributed by atoms with Crippen molar-refractivity contribution in [2.24, 2.45) is 0 Å². The molecule has 1 N–H and O–H groups in total. The molecule has 0 spiro atoms. The number of aliphatic hydroxyl groups excluding tert-OH is 1. The molecule has 1 aromatic carbocycles. The molecule has 0 bridgehead atoms. The summed E-state index contributed by atoms with van der Waals surface area (Å²) < 4.78 is 0. The molecule has 0 unspecified atom stereocenters. The van der Waals surface area contributed by atoms with Gasteiger partial charge in [0.15, 0.2) is 0 Å². The molecule has 1 nitrogen and oxygen atoms in total. The van der Waals surface area contributed by atoms with E-state index < -0.39 is 0 Å². The van der Waals surface area contributed by atoms with Crippen LogP contribution in [0.3, 0.4) is 0 Å². The van der Waals surface area contributed by atoms with Crippen molar-refractivity contribution in [2.45, 2.75) is 16.2 Å². The summed E-state index contributed by atoms with van der Waals surface area (Å²) in [6.07, 6.45) is 4.72. The number of aliphatic hydroxyl groups is 1. The van der Waals surface area contributed by atoms with E-state index in [0.717, 1.165) is 15.5 Å². The van der Waals surface area contributed by atoms with Crippen molar-refractivity contribution in [3.8, 4) is 0 Å². The van der Waals surface area contributed by atoms with Crippen LogP contribution < -0.4 is 0 Å². The van der Waals surface area contributed by atoms with Gasteiger partial charge in [-0.2, -0.15) is 0 Å². The number of hydrogen-bond donors (Lipinski definition) is 1. The Morgan fingerprint density at radius 1 is 1.29 bits per heavy atom. The largest absolute Gasteiger partial charge is 0.396 e. The van der Waals surface area contributed by atoms with Crippen LogP contribution in [0.5, 0.6) is 0 Å². The molecule has 4 heteroatoms. The number of halogens is 1. The highest BCUT2D eigenvalue weighted by Crippen LogP contribution is 2.35. The molecule has 1 rings (SSSR count). The molecular formula is C10H13ClOS2. The van der Waals surface area contributed by atoms with E-state index in [4.69, 9.17) is 16.7 Å². The summed E-state index contributed by atoms with van der Waals surface area (Å²) in [5.74, 6) is 0. The highest BCUT2D eigenvalue weighted by molar-refractivity contribution is 8.01. The van der Waals surface area contributed by atoms with Crippen molar-refractivity contribution in [2.75, 3.05) is 19.1 Å². The lowest BCUT2D eigenvalue weighted by Crippen LogP contribution is -1.92. The zero-order valence-electron chi connectivity index (χ0n) is 8.21. The van der Waals surface area contributed by atoms with E-state index in [1.165, 1.54) is 4.90 Å². The van der Waals surface area contributed by atoms with Crippen molar-refractivity contribution < 1.29 is 5.11 Å². The van der Waals surface area contributed by atoms with E-state index in [1.54, 1.807) is 23.5 Å². The van der Waals surface area contributed by atoms with Gasteiger partial charge < -0.3 is 5.11 Å². The van der Waals surface area contributed by atoms with Crippen molar-refractivity contribution >= 4 is 35.1 Å². The molecule has 0 aliphatic carbocycles. The van der Waals surface area contributed by atoms with Crippen LogP contribution in [0.25, 0.3) is 0 Å². The second kappa shape index (κ2) is 5.91. The van der Waals surface area contributed by atoms with Gasteiger partial charge in [-0.1, -0.05) is 11.6 Å². The van der Waals surface area contributed by atoms with Crippen LogP contribution >= 0.6 is 35.1 Å². The number of rotatable bonds is 4. The van der Waals surface area contributed by atoms with Gasteiger partial charge in [0, 0.05) is 16.4 Å². The van der Waals surface area contributed by atoms with E-state index >= 15 is 0 Å². The Labute approximate surface area is 98.2 Å². The van der Waals surface area contributed by atoms with Gasteiger partial charge in [-0.15, -0.1) is 23.5 Å². The molecule has 0 atom stereocenters. The summed E-state index contributed by atoms with van der Waals surface area (Å²) in [6, 6.07) is 4.03. The van der Waals surface area contributed by atoms with Gasteiger partial charge in [0.2, 0.25) is 0 Å². The summed E-state index contributed by atoms with van der Waals surface area (Å²) in [5, 5.41) is 9.63. The molecule has 0 heterocycles. The van der Waals surface area contributed by atoms with E-state index in [2.05, 4.69) is 6.07 Å². The van der Waals surface area contributed by atoms with Crippen LogP contribution in [-0.4, -0.2) is 24.2 Å². The van der Waals surface area contributed by atoms with Gasteiger partial charge in [0.1, 0.15) is 0 Å². The molecule has 14 heavy (non-hydrogen) atoms. The topological polar surface area (TPSA) is 20.2 Å². The van der Waals surface area contributed by atoms with Crippen molar-refractivity contribution in [3.05, 3.63) is 22.7 Å². The van der Waals surface area contributed by atoms with Crippen LogP contribution in [0.4, 0.5) is 0 Å². The Hall–Kier alpha value is 0.170. The van der Waals surface area contributed by atoms with Crippen molar-refractivity contribution in [3.63, 3.8) is 0 Å². The number of thioether (sulfide) groups is 2. The Bertz CT molecular complexity index is 315. The fourth-order valence-corrected chi connectivity index (χ4v) is 3.35. The minimum Gasteiger partial charge on any atom is -0.396 e. The Kier molecular flexibility index (Phi) is 5.17. The van der Waals surface area contributed by atoms with Gasteiger partial charge in [0.25, 0.3) is 0 Å². The van der Waals surface area contributed by atoms with Crippen LogP contribution in [-0.2, 0) is 6.42 Å². The lowest BCUT2D eigenvalue weighted by atomic mass is 10.2. The zero-order valence-corrected chi connectivity index (χ0v) is 10.6. The molecule has 0 radical (unpaired) electrons. The first kappa shape index (κ1) is 12.2. The second-order valence-electron chi connectivity index (χ2n) is 2.79. The molecule has 0 aromatic heterocycles. The monoisotopic (exact) mass is 248 g/mol. The van der Waals surface area contributed by atoms with Crippen LogP contribution in [0, 0.1) is 0 Å². The lowest BCUT2D eigenvalue weighted by Gasteiger charge is -2.09. The van der Waals surface area contributed by atoms with Gasteiger partial charge in [0.05, 0.1) is 5.02 Å². The molecule has 78 valence electrons. The molecule has 0 amide bonds. The summed E-state index contributed by atoms with van der Waals surface area (Å²) in [6.45, 7) is 0.169. The maximum Gasteiger partial charge on any atom is 0.0555 e. The average molecular weight is 249 g/mol. The molecule has 0 fully saturated rings. The minimum absolute atomic E-state index is 0.169. The summed E-state index contributed by atoms with van der Waals surface area (Å²) in [4.78, 5) is 2.31. The Morgan fingerprint density at radius 3 is 2.50 bits per heavy atom. The molecule has 0 aliphatic rings. The Balaban J connectivity index is 3.10. The number of benzene rings is 1. The average Bonchev–Trinajstić information content (AvgIpc) is 2.17. The van der Waals surface area contributed by atoms with Gasteiger partial charge in [-0.25, -0.2) is 0 Å². The number of hydrogen-bond acceptors (Lipinski definition) is 3. The van der Waals surface area contributed by atoms with Crippen LogP contribution in [0.2, 0.25) is 5.02 Å². The Morgan fingerprint density at radius 2 is 2.00 bits per heavy atom. The van der Waals surface area contributed by atoms with Crippen LogP contribution in [0.1, 0.15) is 5.56 Å². The standard InChI is InChI=1S/C10H13ClOS2/c1-13-9-6-7(3-4-12)5-8(11)10(9)14-2/h5-6,12H,3-4H2,1-2H3. The maximum absolute atomic E-state index is 8.85. The smallest absolute Gasteiger partial charge is 0.0555 e. The molecule has 0 aliphatic heterocycles. The van der Waals surface area contributed by atoms with Crippen LogP contribution in [0.15, 0.2) is 21.9 Å². The quantitative estimate of drug-likeness (QED) is 0.826. The third kappa shape index (κ3) is 2.83. The second-order valence-corrected chi connectivity index (χ2v) is 4.86. The summed E-state index contributed by atoms with van der Waals surface area (Å²) >= 11 is 9.48. The van der Waals surface area contributed by atoms with E-state index in [0.29, 0.717) is 6.42 Å². The predicted octanol–water partition coefficient (Wildman–Crippen LogP) is 3.32. The molecular weight excluding hydrogens is 236 g/mol. The highest BCUT2D eigenvalue weighted by Gasteiger charge is 2.07. The first-order valence-corrected chi connectivity index (χ1v) is 7.07. The summed E-state index contributed by atoms with van der Waals surface area (Å²) in [7, 11) is 0. The van der Waals surface area contributed by atoms with Crippen molar-refractivity contribution in [1.82, 2.24) is 0 Å². The lowest BCUT2D eigenvalue weighted by molar-refractivity contribution is 0.299. The van der Waals surface area contributed by atoms with Gasteiger partial charge in [-0.3, -0.25) is 0 Å². The zero-order chi connectivity index (χ0) is 10.6. The minimum atomic E-state index is 0.169. The normalized spacial score (nSPS) is 10.6. The molecule has 0 saturated carbocycles. The van der Waals surface area contributed by atoms with E-state index in [1.807, 2.05) is 18.6 Å². The van der Waals surface area contributed by atoms with Crippen molar-refractivity contribution in [1.29, 1.82) is 0 Å². The first-order valence-electron chi connectivity index (χ1n) is 4.24. The van der Waals surface area contributed by atoms with E-state index in [-0.39, 0.29) is 6.61 Å². The van der Waals surface area contributed by atoms with E-state index in [9.17, 15) is 0 Å².